The molecule has 1 aliphatic heterocycles. The summed E-state index contributed by atoms with van der Waals surface area (Å²) in [5.74, 6) is 0.773. The first kappa shape index (κ1) is 19.2. The molecular weight excluding hydrogens is 397 g/mol. The summed E-state index contributed by atoms with van der Waals surface area (Å²) < 4.78 is 11.2. The first-order valence-electron chi connectivity index (χ1n) is 7.83. The Kier molecular flexibility index (Phi) is 6.19. The van der Waals surface area contributed by atoms with Gasteiger partial charge in [-0.2, -0.15) is 0 Å². The Morgan fingerprint density at radius 3 is 2.65 bits per heavy atom. The van der Waals surface area contributed by atoms with Gasteiger partial charge in [0.05, 0.1) is 22.5 Å². The van der Waals surface area contributed by atoms with Gasteiger partial charge < -0.3 is 14.6 Å². The van der Waals surface area contributed by atoms with Crippen molar-refractivity contribution in [3.05, 3.63) is 57.6 Å². The van der Waals surface area contributed by atoms with Crippen LogP contribution in [-0.4, -0.2) is 30.0 Å². The third-order valence-electron chi connectivity index (χ3n) is 3.98. The lowest BCUT2D eigenvalue weighted by molar-refractivity contribution is -0.138. The molecule has 3 rings (SSSR count). The van der Waals surface area contributed by atoms with Crippen LogP contribution in [0.25, 0.3) is 0 Å². The average molecular weight is 414 g/mol. The molecule has 1 saturated heterocycles. The van der Waals surface area contributed by atoms with Crippen LogP contribution in [-0.2, 0) is 11.4 Å². The van der Waals surface area contributed by atoms with Crippen molar-refractivity contribution < 1.29 is 19.4 Å². The standard InChI is InChI=1S/C18H17Cl2NO4S/c1-24-15-6-5-10(17-21-14(9-26-17)18(22)23)7-11(15)8-25-16-12(19)3-2-4-13(16)20/h2-7,14,17,21H,8-9H2,1H3,(H,22,23)/t14-,17+/m1/s1. The van der Waals surface area contributed by atoms with Crippen molar-refractivity contribution in [2.24, 2.45) is 0 Å². The van der Waals surface area contributed by atoms with Gasteiger partial charge in [0.1, 0.15) is 18.4 Å². The van der Waals surface area contributed by atoms with Crippen LogP contribution in [0.15, 0.2) is 36.4 Å². The molecule has 0 radical (unpaired) electrons. The Hall–Kier alpha value is -1.60. The highest BCUT2D eigenvalue weighted by atomic mass is 35.5. The molecular formula is C18H17Cl2NO4S. The number of para-hydroxylation sites is 1. The summed E-state index contributed by atoms with van der Waals surface area (Å²) in [6.07, 6.45) is 0. The van der Waals surface area contributed by atoms with Gasteiger partial charge in [-0.3, -0.25) is 10.1 Å². The maximum Gasteiger partial charge on any atom is 0.321 e. The number of carboxylic acids is 1. The highest BCUT2D eigenvalue weighted by Gasteiger charge is 2.30. The fourth-order valence-electron chi connectivity index (χ4n) is 2.65. The molecule has 2 aromatic rings. The van der Waals surface area contributed by atoms with E-state index >= 15 is 0 Å². The van der Waals surface area contributed by atoms with Crippen LogP contribution in [0.1, 0.15) is 16.5 Å². The normalized spacial score (nSPS) is 19.3. The van der Waals surface area contributed by atoms with E-state index in [9.17, 15) is 4.79 Å². The summed E-state index contributed by atoms with van der Waals surface area (Å²) in [6, 6.07) is 10.3. The molecule has 0 aromatic heterocycles. The summed E-state index contributed by atoms with van der Waals surface area (Å²) in [7, 11) is 1.59. The second kappa shape index (κ2) is 8.39. The fraction of sp³-hybridized carbons (Fsp3) is 0.278. The number of thioether (sulfide) groups is 1. The minimum atomic E-state index is -0.842. The smallest absolute Gasteiger partial charge is 0.321 e. The molecule has 1 aliphatic rings. The highest BCUT2D eigenvalue weighted by Crippen LogP contribution is 2.36. The number of ether oxygens (including phenoxy) is 2. The van der Waals surface area contributed by atoms with Crippen LogP contribution in [0.4, 0.5) is 0 Å². The Balaban J connectivity index is 1.79. The van der Waals surface area contributed by atoms with Crippen LogP contribution in [0.2, 0.25) is 10.0 Å². The molecule has 0 unspecified atom stereocenters. The third-order valence-corrected chi connectivity index (χ3v) is 5.84. The van der Waals surface area contributed by atoms with Gasteiger partial charge >= 0.3 is 5.97 Å². The van der Waals surface area contributed by atoms with E-state index in [-0.39, 0.29) is 12.0 Å². The van der Waals surface area contributed by atoms with Crippen LogP contribution in [0, 0.1) is 0 Å². The number of carboxylic acid groups (broad SMARTS) is 1. The highest BCUT2D eigenvalue weighted by molar-refractivity contribution is 7.99. The average Bonchev–Trinajstić information content (AvgIpc) is 3.11. The van der Waals surface area contributed by atoms with Gasteiger partial charge in [0, 0.05) is 11.3 Å². The van der Waals surface area contributed by atoms with Gasteiger partial charge in [-0.05, 0) is 29.8 Å². The molecule has 2 N–H and O–H groups in total. The monoisotopic (exact) mass is 413 g/mol. The second-order valence-corrected chi connectivity index (χ2v) is 7.63. The van der Waals surface area contributed by atoms with E-state index in [1.54, 1.807) is 37.1 Å². The predicted molar refractivity (Wildman–Crippen MR) is 104 cm³/mol. The topological polar surface area (TPSA) is 67.8 Å². The van der Waals surface area contributed by atoms with Crippen molar-refractivity contribution >= 4 is 40.9 Å². The van der Waals surface area contributed by atoms with Crippen molar-refractivity contribution in [3.63, 3.8) is 0 Å². The van der Waals surface area contributed by atoms with Crippen LogP contribution < -0.4 is 14.8 Å². The predicted octanol–water partition coefficient (Wildman–Crippen LogP) is 4.37. The molecule has 0 bridgehead atoms. The number of methoxy groups -OCH3 is 1. The van der Waals surface area contributed by atoms with E-state index in [0.29, 0.717) is 27.3 Å². The van der Waals surface area contributed by atoms with Crippen LogP contribution in [0.3, 0.4) is 0 Å². The van der Waals surface area contributed by atoms with E-state index in [1.807, 2.05) is 18.2 Å². The summed E-state index contributed by atoms with van der Waals surface area (Å²) in [6.45, 7) is 0.222. The molecule has 2 atom stereocenters. The van der Waals surface area contributed by atoms with E-state index in [4.69, 9.17) is 37.8 Å². The number of nitrogens with one attached hydrogen (secondary N) is 1. The van der Waals surface area contributed by atoms with E-state index < -0.39 is 12.0 Å². The number of hydrogen-bond acceptors (Lipinski definition) is 5. The zero-order valence-electron chi connectivity index (χ0n) is 13.9. The van der Waals surface area contributed by atoms with Gasteiger partial charge in [0.25, 0.3) is 0 Å². The molecule has 0 aliphatic carbocycles. The van der Waals surface area contributed by atoms with Gasteiger partial charge in [-0.15, -0.1) is 11.8 Å². The van der Waals surface area contributed by atoms with Gasteiger partial charge in [-0.1, -0.05) is 35.3 Å². The molecule has 5 nitrogen and oxygen atoms in total. The van der Waals surface area contributed by atoms with Gasteiger partial charge in [0.2, 0.25) is 0 Å². The molecule has 0 amide bonds. The number of aliphatic carboxylic acids is 1. The van der Waals surface area contributed by atoms with Gasteiger partial charge in [0.15, 0.2) is 5.75 Å². The van der Waals surface area contributed by atoms with Crippen molar-refractivity contribution in [1.29, 1.82) is 0 Å². The summed E-state index contributed by atoms with van der Waals surface area (Å²) in [4.78, 5) is 11.1. The van der Waals surface area contributed by atoms with Crippen LogP contribution >= 0.6 is 35.0 Å². The molecule has 1 fully saturated rings. The van der Waals surface area contributed by atoms with Crippen LogP contribution in [0.5, 0.6) is 11.5 Å². The molecule has 26 heavy (non-hydrogen) atoms. The number of carbonyl (C=O) groups is 1. The lowest BCUT2D eigenvalue weighted by atomic mass is 10.1. The summed E-state index contributed by atoms with van der Waals surface area (Å²) in [5.41, 5.74) is 1.78. The van der Waals surface area contributed by atoms with Crippen molar-refractivity contribution in [3.8, 4) is 11.5 Å². The molecule has 0 saturated carbocycles. The molecule has 0 spiro atoms. The summed E-state index contributed by atoms with van der Waals surface area (Å²) >= 11 is 13.8. The molecule has 1 heterocycles. The minimum absolute atomic E-state index is 0.0929. The molecule has 8 heteroatoms. The number of halogens is 2. The Bertz CT molecular complexity index is 798. The van der Waals surface area contributed by atoms with Crippen molar-refractivity contribution in [1.82, 2.24) is 5.32 Å². The van der Waals surface area contributed by atoms with Crippen molar-refractivity contribution in [2.75, 3.05) is 12.9 Å². The Morgan fingerprint density at radius 1 is 1.31 bits per heavy atom. The fourth-order valence-corrected chi connectivity index (χ4v) is 4.38. The third kappa shape index (κ3) is 4.20. The molecule has 2 aromatic carbocycles. The SMILES string of the molecule is COc1ccc([C@H]2N[C@@H](C(=O)O)CS2)cc1COc1c(Cl)cccc1Cl. The second-order valence-electron chi connectivity index (χ2n) is 5.68. The zero-order valence-corrected chi connectivity index (χ0v) is 16.2. The lowest BCUT2D eigenvalue weighted by Crippen LogP contribution is -2.33. The minimum Gasteiger partial charge on any atom is -0.496 e. The number of hydrogen-bond donors (Lipinski definition) is 2. The number of rotatable bonds is 6. The van der Waals surface area contributed by atoms with Crippen molar-refractivity contribution in [2.45, 2.75) is 18.0 Å². The van der Waals surface area contributed by atoms with E-state index in [0.717, 1.165) is 11.1 Å². The maximum absolute atomic E-state index is 11.1. The Morgan fingerprint density at radius 2 is 2.04 bits per heavy atom. The maximum atomic E-state index is 11.1. The zero-order chi connectivity index (χ0) is 18.7. The Labute approximate surface area is 165 Å². The first-order chi connectivity index (χ1) is 12.5. The van der Waals surface area contributed by atoms with E-state index in [2.05, 4.69) is 5.32 Å². The largest absolute Gasteiger partial charge is 0.496 e. The summed E-state index contributed by atoms with van der Waals surface area (Å²) in [5, 5.41) is 13.0. The molecule has 138 valence electrons. The van der Waals surface area contributed by atoms with E-state index in [1.165, 1.54) is 0 Å². The number of benzene rings is 2. The lowest BCUT2D eigenvalue weighted by Gasteiger charge is -2.16. The first-order valence-corrected chi connectivity index (χ1v) is 9.64. The van der Waals surface area contributed by atoms with Gasteiger partial charge in [-0.25, -0.2) is 0 Å². The quantitative estimate of drug-likeness (QED) is 0.732.